The lowest BCUT2D eigenvalue weighted by molar-refractivity contribution is -0.134. The van der Waals surface area contributed by atoms with Gasteiger partial charge in [-0.15, -0.1) is 0 Å². The van der Waals surface area contributed by atoms with Crippen LogP contribution in [0.25, 0.3) is 0 Å². The second-order valence-electron chi connectivity index (χ2n) is 6.58. The number of amides is 4. The smallest absolute Gasteiger partial charge is 0.277 e. The Hall–Kier alpha value is -3.73. The Labute approximate surface area is 162 Å². The lowest BCUT2D eigenvalue weighted by Crippen LogP contribution is -2.59. The van der Waals surface area contributed by atoms with Crippen LogP contribution < -0.4 is 10.2 Å². The van der Waals surface area contributed by atoms with Crippen LogP contribution in [-0.4, -0.2) is 17.8 Å². The zero-order chi connectivity index (χ0) is 19.5. The minimum atomic E-state index is -1.05. The van der Waals surface area contributed by atoms with Crippen LogP contribution in [0.2, 0.25) is 0 Å². The van der Waals surface area contributed by atoms with Crippen LogP contribution in [0.15, 0.2) is 91.0 Å². The van der Waals surface area contributed by atoms with Gasteiger partial charge in [0.25, 0.3) is 0 Å². The molecule has 1 saturated heterocycles. The van der Waals surface area contributed by atoms with E-state index in [1.807, 2.05) is 60.7 Å². The van der Waals surface area contributed by atoms with Crippen LogP contribution in [-0.2, 0) is 9.59 Å². The van der Waals surface area contributed by atoms with Gasteiger partial charge < -0.3 is 0 Å². The zero-order valence-electron chi connectivity index (χ0n) is 15.0. The van der Waals surface area contributed by atoms with Gasteiger partial charge in [-0.3, -0.25) is 14.9 Å². The number of carbonyl (C=O) groups is 3. The van der Waals surface area contributed by atoms with Crippen molar-refractivity contribution in [3.05, 3.63) is 102 Å². The fourth-order valence-electron chi connectivity index (χ4n) is 3.60. The predicted octanol–water partition coefficient (Wildman–Crippen LogP) is 3.72. The van der Waals surface area contributed by atoms with Gasteiger partial charge in [0.1, 0.15) is 5.92 Å². The minimum Gasteiger partial charge on any atom is -0.277 e. The summed E-state index contributed by atoms with van der Waals surface area (Å²) in [6.07, 6.45) is 0. The van der Waals surface area contributed by atoms with E-state index in [0.717, 1.165) is 16.0 Å². The van der Waals surface area contributed by atoms with E-state index in [2.05, 4.69) is 5.32 Å². The molecule has 3 aromatic rings. The summed E-state index contributed by atoms with van der Waals surface area (Å²) in [6, 6.07) is 26.7. The van der Waals surface area contributed by atoms with Crippen LogP contribution in [0, 0.1) is 5.92 Å². The molecule has 28 heavy (non-hydrogen) atoms. The first kappa shape index (κ1) is 17.7. The van der Waals surface area contributed by atoms with E-state index in [1.165, 1.54) is 0 Å². The van der Waals surface area contributed by atoms with Crippen LogP contribution in [0.3, 0.4) is 0 Å². The van der Waals surface area contributed by atoms with E-state index in [1.54, 1.807) is 30.3 Å². The molecule has 138 valence electrons. The van der Waals surface area contributed by atoms with Crippen molar-refractivity contribution in [2.24, 2.45) is 5.92 Å². The third kappa shape index (κ3) is 3.18. The van der Waals surface area contributed by atoms with E-state index in [9.17, 15) is 14.4 Å². The van der Waals surface area contributed by atoms with Crippen molar-refractivity contribution in [3.63, 3.8) is 0 Å². The summed E-state index contributed by atoms with van der Waals surface area (Å²) in [5.74, 6) is -2.67. The van der Waals surface area contributed by atoms with Crippen LogP contribution in [0.4, 0.5) is 10.5 Å². The predicted molar refractivity (Wildman–Crippen MR) is 106 cm³/mol. The fraction of sp³-hybridized carbons (Fsp3) is 0.0870. The summed E-state index contributed by atoms with van der Waals surface area (Å²) in [4.78, 5) is 39.7. The summed E-state index contributed by atoms with van der Waals surface area (Å²) >= 11 is 0. The molecule has 4 rings (SSSR count). The number of barbiturate groups is 1. The third-order valence-electron chi connectivity index (χ3n) is 4.87. The average Bonchev–Trinajstić information content (AvgIpc) is 2.73. The van der Waals surface area contributed by atoms with Gasteiger partial charge >= 0.3 is 6.03 Å². The Morgan fingerprint density at radius 2 is 1.14 bits per heavy atom. The second-order valence-corrected chi connectivity index (χ2v) is 6.58. The Morgan fingerprint density at radius 3 is 1.64 bits per heavy atom. The number of rotatable bonds is 4. The van der Waals surface area contributed by atoms with Crippen LogP contribution >= 0.6 is 0 Å². The highest BCUT2D eigenvalue weighted by Crippen LogP contribution is 2.36. The highest BCUT2D eigenvalue weighted by molar-refractivity contribution is 6.28. The third-order valence-corrected chi connectivity index (χ3v) is 4.87. The molecule has 1 N–H and O–H groups in total. The number of para-hydroxylation sites is 1. The Morgan fingerprint density at radius 1 is 0.679 bits per heavy atom. The Kier molecular flexibility index (Phi) is 4.72. The van der Waals surface area contributed by atoms with E-state index in [-0.39, 0.29) is 0 Å². The van der Waals surface area contributed by atoms with Gasteiger partial charge in [-0.1, -0.05) is 78.9 Å². The first-order chi connectivity index (χ1) is 13.7. The number of carbonyl (C=O) groups excluding carboxylic acids is 3. The molecule has 0 aliphatic carbocycles. The topological polar surface area (TPSA) is 66.5 Å². The zero-order valence-corrected chi connectivity index (χ0v) is 15.0. The summed E-state index contributed by atoms with van der Waals surface area (Å²) in [5, 5.41) is 2.36. The van der Waals surface area contributed by atoms with Gasteiger partial charge in [-0.25, -0.2) is 9.69 Å². The standard InChI is InChI=1S/C23H18N2O3/c26-21-20(22(27)25(23(28)24-21)18-14-8-3-9-15-18)19(16-10-4-1-5-11-16)17-12-6-2-7-13-17/h1-15,19-20H,(H,24,26,28). The van der Waals surface area contributed by atoms with Gasteiger partial charge in [0, 0.05) is 5.92 Å². The average molecular weight is 370 g/mol. The number of urea groups is 1. The van der Waals surface area contributed by atoms with E-state index in [4.69, 9.17) is 0 Å². The van der Waals surface area contributed by atoms with Crippen molar-refractivity contribution < 1.29 is 14.4 Å². The van der Waals surface area contributed by atoms with Crippen LogP contribution in [0.1, 0.15) is 17.0 Å². The van der Waals surface area contributed by atoms with Gasteiger partial charge in [-0.05, 0) is 23.3 Å². The maximum absolute atomic E-state index is 13.4. The van der Waals surface area contributed by atoms with E-state index >= 15 is 0 Å². The molecule has 0 spiro atoms. The normalized spacial score (nSPS) is 17.0. The first-order valence-corrected chi connectivity index (χ1v) is 9.00. The maximum Gasteiger partial charge on any atom is 0.335 e. The molecule has 0 bridgehead atoms. The summed E-state index contributed by atoms with van der Waals surface area (Å²) < 4.78 is 0. The number of benzene rings is 3. The molecule has 1 aliphatic heterocycles. The molecule has 5 heteroatoms. The Balaban J connectivity index is 1.82. The molecular formula is C23H18N2O3. The molecule has 0 radical (unpaired) electrons. The number of imide groups is 2. The van der Waals surface area contributed by atoms with E-state index < -0.39 is 29.7 Å². The number of hydrogen-bond acceptors (Lipinski definition) is 3. The molecule has 1 heterocycles. The number of nitrogens with zero attached hydrogens (tertiary/aromatic N) is 1. The van der Waals surface area contributed by atoms with Gasteiger partial charge in [0.2, 0.25) is 11.8 Å². The molecule has 3 aromatic carbocycles. The molecule has 1 atom stereocenters. The Bertz CT molecular complexity index is 964. The van der Waals surface area contributed by atoms with Crippen molar-refractivity contribution in [2.75, 3.05) is 4.90 Å². The quantitative estimate of drug-likeness (QED) is 0.712. The van der Waals surface area contributed by atoms with Crippen molar-refractivity contribution in [2.45, 2.75) is 5.92 Å². The van der Waals surface area contributed by atoms with Crippen molar-refractivity contribution in [3.8, 4) is 0 Å². The summed E-state index contributed by atoms with van der Waals surface area (Å²) in [7, 11) is 0. The van der Waals surface area contributed by atoms with Gasteiger partial charge in [-0.2, -0.15) is 0 Å². The monoisotopic (exact) mass is 370 g/mol. The second kappa shape index (κ2) is 7.48. The maximum atomic E-state index is 13.4. The highest BCUT2D eigenvalue weighted by Gasteiger charge is 2.46. The molecule has 1 aliphatic rings. The van der Waals surface area contributed by atoms with Crippen LogP contribution in [0.5, 0.6) is 0 Å². The molecule has 0 aromatic heterocycles. The lowest BCUT2D eigenvalue weighted by Gasteiger charge is -2.34. The number of nitrogens with one attached hydrogen (secondary N) is 1. The first-order valence-electron chi connectivity index (χ1n) is 9.00. The van der Waals surface area contributed by atoms with Crippen molar-refractivity contribution in [1.29, 1.82) is 0 Å². The van der Waals surface area contributed by atoms with E-state index in [0.29, 0.717) is 5.69 Å². The van der Waals surface area contributed by atoms with Crippen molar-refractivity contribution in [1.82, 2.24) is 5.32 Å². The number of anilines is 1. The molecule has 5 nitrogen and oxygen atoms in total. The molecule has 0 saturated carbocycles. The molecule has 1 unspecified atom stereocenters. The molecule has 4 amide bonds. The van der Waals surface area contributed by atoms with Crippen molar-refractivity contribution >= 4 is 23.5 Å². The molecule has 1 fully saturated rings. The largest absolute Gasteiger partial charge is 0.335 e. The SMILES string of the molecule is O=C1NC(=O)N(c2ccccc2)C(=O)C1C(c1ccccc1)c1ccccc1. The van der Waals surface area contributed by atoms with Gasteiger partial charge in [0.15, 0.2) is 0 Å². The minimum absolute atomic E-state index is 0.433. The number of hydrogen-bond donors (Lipinski definition) is 1. The van der Waals surface area contributed by atoms with Gasteiger partial charge in [0.05, 0.1) is 5.69 Å². The highest BCUT2D eigenvalue weighted by atomic mass is 16.2. The fourth-order valence-corrected chi connectivity index (χ4v) is 3.60. The lowest BCUT2D eigenvalue weighted by atomic mass is 9.78. The molecular weight excluding hydrogens is 352 g/mol. The summed E-state index contributed by atoms with van der Waals surface area (Å²) in [5.41, 5.74) is 2.11. The summed E-state index contributed by atoms with van der Waals surface area (Å²) in [6.45, 7) is 0.